The number of benzene rings is 1. The molecule has 1 aliphatic heterocycles. The Morgan fingerprint density at radius 2 is 2.07 bits per heavy atom. The molecule has 0 saturated carbocycles. The summed E-state index contributed by atoms with van der Waals surface area (Å²) in [7, 11) is -3.46. The number of nitrogens with zero attached hydrogens (tertiary/aromatic N) is 6. The van der Waals surface area contributed by atoms with Gasteiger partial charge in [-0.15, -0.1) is 5.10 Å². The third kappa shape index (κ3) is 3.64. The predicted molar refractivity (Wildman–Crippen MR) is 96.7 cm³/mol. The maximum atomic E-state index is 11.8. The summed E-state index contributed by atoms with van der Waals surface area (Å²) in [6, 6.07) is 7.38. The van der Waals surface area contributed by atoms with E-state index >= 15 is 0 Å². The Hall–Kier alpha value is -3.12. The molecule has 1 unspecified atom stereocenters. The Morgan fingerprint density at radius 3 is 2.75 bits per heavy atom. The van der Waals surface area contributed by atoms with Crippen molar-refractivity contribution in [3.8, 4) is 11.3 Å². The van der Waals surface area contributed by atoms with Crippen molar-refractivity contribution in [3.63, 3.8) is 0 Å². The molecule has 0 aliphatic carbocycles. The first-order chi connectivity index (χ1) is 13.4. The lowest BCUT2D eigenvalue weighted by atomic mass is 10.0. The summed E-state index contributed by atoms with van der Waals surface area (Å²) < 4.78 is 31.1. The van der Waals surface area contributed by atoms with Crippen LogP contribution in [0.2, 0.25) is 0 Å². The molecule has 3 heterocycles. The molecular weight excluding hydrogens is 388 g/mol. The van der Waals surface area contributed by atoms with Crippen LogP contribution in [0, 0.1) is 10.1 Å². The molecule has 11 nitrogen and oxygen atoms in total. The van der Waals surface area contributed by atoms with Crippen LogP contribution in [0.25, 0.3) is 11.3 Å². The minimum absolute atomic E-state index is 0.112. The van der Waals surface area contributed by atoms with Gasteiger partial charge in [-0.1, -0.05) is 34.5 Å². The molecule has 146 valence electrons. The second kappa shape index (κ2) is 7.13. The van der Waals surface area contributed by atoms with Gasteiger partial charge in [0.15, 0.2) is 6.67 Å². The first-order valence-electron chi connectivity index (χ1n) is 8.45. The van der Waals surface area contributed by atoms with E-state index in [-0.39, 0.29) is 19.2 Å². The molecule has 1 aliphatic rings. The van der Waals surface area contributed by atoms with Crippen molar-refractivity contribution in [1.82, 2.24) is 24.5 Å². The van der Waals surface area contributed by atoms with Gasteiger partial charge < -0.3 is 10.1 Å². The van der Waals surface area contributed by atoms with Gasteiger partial charge in [-0.25, -0.2) is 9.25 Å². The zero-order chi connectivity index (χ0) is 19.7. The van der Waals surface area contributed by atoms with E-state index in [0.29, 0.717) is 18.5 Å². The Labute approximate surface area is 159 Å². The van der Waals surface area contributed by atoms with Gasteiger partial charge in [0.05, 0.1) is 18.1 Å². The molecule has 1 aromatic carbocycles. The number of hydrogen-bond donors (Lipinski definition) is 0. The standard InChI is InChI=1S/C16H16N6O5S/c23-22(24)16-17-6-7-20(16)11-21-10-15(18-19-21)13-3-1-12(2-4-13)9-14-5-8-27-28(14,25)26/h1-4,6-7,10,14H,5,8-9,11H2. The number of hydrogen-bond acceptors (Lipinski definition) is 8. The molecule has 0 spiro atoms. The van der Waals surface area contributed by atoms with Crippen LogP contribution in [-0.4, -0.2) is 49.7 Å². The van der Waals surface area contributed by atoms with Gasteiger partial charge in [-0.3, -0.25) is 4.18 Å². The summed E-state index contributed by atoms with van der Waals surface area (Å²) in [4.78, 5) is 14.1. The molecular formula is C16H16N6O5S. The highest BCUT2D eigenvalue weighted by Gasteiger charge is 2.32. The van der Waals surface area contributed by atoms with E-state index in [2.05, 4.69) is 15.3 Å². The third-order valence-electron chi connectivity index (χ3n) is 4.50. The monoisotopic (exact) mass is 404 g/mol. The quantitative estimate of drug-likeness (QED) is 0.340. The van der Waals surface area contributed by atoms with Gasteiger partial charge in [0, 0.05) is 5.56 Å². The molecule has 1 saturated heterocycles. The Balaban J connectivity index is 1.46. The van der Waals surface area contributed by atoms with Crippen LogP contribution >= 0.6 is 0 Å². The first-order valence-corrected chi connectivity index (χ1v) is 9.93. The van der Waals surface area contributed by atoms with Crippen molar-refractivity contribution in [2.75, 3.05) is 6.61 Å². The topological polar surface area (TPSA) is 135 Å². The fourth-order valence-electron chi connectivity index (χ4n) is 3.05. The zero-order valence-electron chi connectivity index (χ0n) is 14.6. The number of imidazole rings is 1. The van der Waals surface area contributed by atoms with Crippen LogP contribution < -0.4 is 0 Å². The Morgan fingerprint density at radius 1 is 1.29 bits per heavy atom. The highest BCUT2D eigenvalue weighted by atomic mass is 32.2. The molecule has 0 N–H and O–H groups in total. The summed E-state index contributed by atoms with van der Waals surface area (Å²) in [5.41, 5.74) is 2.30. The highest BCUT2D eigenvalue weighted by molar-refractivity contribution is 7.87. The smallest absolute Gasteiger partial charge is 0.390 e. The van der Waals surface area contributed by atoms with Crippen LogP contribution in [0.4, 0.5) is 5.95 Å². The second-order valence-corrected chi connectivity index (χ2v) is 8.25. The number of aromatic nitrogens is 5. The SMILES string of the molecule is O=[N+]([O-])c1nccn1Cn1cc(-c2ccc(CC3CCOS3(=O)=O)cc2)nn1. The second-order valence-electron chi connectivity index (χ2n) is 6.37. The lowest BCUT2D eigenvalue weighted by molar-refractivity contribution is -0.396. The van der Waals surface area contributed by atoms with Crippen LogP contribution in [-0.2, 0) is 27.4 Å². The fraction of sp³-hybridized carbons (Fsp3) is 0.312. The average molecular weight is 404 g/mol. The Kier molecular flexibility index (Phi) is 4.65. The van der Waals surface area contributed by atoms with Gasteiger partial charge in [0.25, 0.3) is 10.1 Å². The summed E-state index contributed by atoms with van der Waals surface area (Å²) in [5, 5.41) is 18.5. The molecule has 4 rings (SSSR count). The van der Waals surface area contributed by atoms with Crippen LogP contribution in [0.3, 0.4) is 0 Å². The summed E-state index contributed by atoms with van der Waals surface area (Å²) in [6.07, 6.45) is 5.42. The summed E-state index contributed by atoms with van der Waals surface area (Å²) in [6.45, 7) is 0.351. The number of nitro groups is 1. The molecule has 0 bridgehead atoms. The Bertz CT molecular complexity index is 1100. The molecule has 2 aromatic heterocycles. The minimum atomic E-state index is -3.46. The molecule has 0 amide bonds. The maximum Gasteiger partial charge on any atom is 0.436 e. The normalized spacial score (nSPS) is 18.4. The van der Waals surface area contributed by atoms with Gasteiger partial charge >= 0.3 is 5.95 Å². The van der Waals surface area contributed by atoms with Crippen LogP contribution in [0.5, 0.6) is 0 Å². The van der Waals surface area contributed by atoms with E-state index in [9.17, 15) is 18.5 Å². The van der Waals surface area contributed by atoms with Gasteiger partial charge in [-0.05, 0) is 23.3 Å². The first kappa shape index (κ1) is 18.3. The van der Waals surface area contributed by atoms with Gasteiger partial charge in [-0.2, -0.15) is 8.42 Å². The summed E-state index contributed by atoms with van der Waals surface area (Å²) in [5.74, 6) is -0.271. The minimum Gasteiger partial charge on any atom is -0.390 e. The molecule has 3 aromatic rings. The van der Waals surface area contributed by atoms with Gasteiger partial charge in [0.2, 0.25) is 0 Å². The van der Waals surface area contributed by atoms with Crippen molar-refractivity contribution >= 4 is 16.1 Å². The van der Waals surface area contributed by atoms with Crippen molar-refractivity contribution < 1.29 is 17.5 Å². The zero-order valence-corrected chi connectivity index (χ0v) is 15.4. The van der Waals surface area contributed by atoms with Crippen LogP contribution in [0.1, 0.15) is 12.0 Å². The maximum absolute atomic E-state index is 11.8. The van der Waals surface area contributed by atoms with Crippen molar-refractivity contribution in [2.45, 2.75) is 24.8 Å². The van der Waals surface area contributed by atoms with Crippen molar-refractivity contribution in [3.05, 3.63) is 58.5 Å². The largest absolute Gasteiger partial charge is 0.436 e. The molecule has 1 fully saturated rings. The van der Waals surface area contributed by atoms with Crippen molar-refractivity contribution in [2.24, 2.45) is 0 Å². The molecule has 1 atom stereocenters. The van der Waals surface area contributed by atoms with Gasteiger partial charge in [0.1, 0.15) is 18.1 Å². The van der Waals surface area contributed by atoms with Crippen molar-refractivity contribution in [1.29, 1.82) is 0 Å². The van der Waals surface area contributed by atoms with Crippen LogP contribution in [0.15, 0.2) is 42.9 Å². The van der Waals surface area contributed by atoms with E-state index in [1.165, 1.54) is 21.6 Å². The predicted octanol–water partition coefficient (Wildman–Crippen LogP) is 1.22. The lowest BCUT2D eigenvalue weighted by Crippen LogP contribution is -2.17. The van der Waals surface area contributed by atoms with E-state index in [0.717, 1.165) is 11.1 Å². The van der Waals surface area contributed by atoms with E-state index in [1.54, 1.807) is 6.20 Å². The average Bonchev–Trinajstić information content (AvgIpc) is 3.37. The molecule has 0 radical (unpaired) electrons. The molecule has 28 heavy (non-hydrogen) atoms. The van der Waals surface area contributed by atoms with E-state index < -0.39 is 20.3 Å². The third-order valence-corrected chi connectivity index (χ3v) is 6.22. The van der Waals surface area contributed by atoms with E-state index in [1.807, 2.05) is 24.3 Å². The molecule has 12 heteroatoms. The highest BCUT2D eigenvalue weighted by Crippen LogP contribution is 2.23. The summed E-state index contributed by atoms with van der Waals surface area (Å²) >= 11 is 0. The lowest BCUT2D eigenvalue weighted by Gasteiger charge is -2.07. The fourth-order valence-corrected chi connectivity index (χ4v) is 4.36. The number of rotatable bonds is 6. The van der Waals surface area contributed by atoms with E-state index in [4.69, 9.17) is 4.18 Å².